The molecule has 1 aromatic rings. The maximum absolute atomic E-state index is 13.2. The average molecular weight is 327 g/mol. The van der Waals surface area contributed by atoms with Crippen molar-refractivity contribution >= 4 is 21.9 Å². The monoisotopic (exact) mass is 326 g/mol. The Morgan fingerprint density at radius 1 is 1.50 bits per heavy atom. The summed E-state index contributed by atoms with van der Waals surface area (Å²) in [4.78, 5) is 10.9. The third kappa shape index (κ3) is 3.38. The quantitative estimate of drug-likeness (QED) is 0.917. The highest BCUT2D eigenvalue weighted by atomic mass is 79.9. The molecule has 1 N–H and O–H groups in total. The number of carboxylic acids is 1. The molecular weight excluding hydrogens is 317 g/mol. The van der Waals surface area contributed by atoms with Crippen molar-refractivity contribution in [2.24, 2.45) is 0 Å². The second kappa shape index (κ2) is 5.17. The van der Waals surface area contributed by atoms with E-state index < -0.39 is 29.4 Å². The van der Waals surface area contributed by atoms with Crippen molar-refractivity contribution in [2.75, 3.05) is 0 Å². The van der Waals surface area contributed by atoms with E-state index in [0.29, 0.717) is 13.0 Å². The van der Waals surface area contributed by atoms with Crippen LogP contribution < -0.4 is 4.74 Å². The number of carbonyl (C=O) groups is 1. The molecule has 7 heteroatoms. The number of halogens is 4. The molecule has 0 bridgehead atoms. The third-order valence-electron chi connectivity index (χ3n) is 2.27. The number of rotatable bonds is 4. The van der Waals surface area contributed by atoms with E-state index >= 15 is 0 Å². The van der Waals surface area contributed by atoms with E-state index in [1.165, 1.54) is 0 Å². The average Bonchev–Trinajstić information content (AvgIpc) is 2.21. The fraction of sp³-hybridized carbons (Fsp3) is 0.364. The number of aromatic carboxylic acids is 1. The Morgan fingerprint density at radius 2 is 2.06 bits per heavy atom. The predicted octanol–water partition coefficient (Wildman–Crippen LogP) is 3.71. The fourth-order valence-electron chi connectivity index (χ4n) is 1.09. The lowest BCUT2D eigenvalue weighted by molar-refractivity contribution is -0.0721. The number of alkyl halides is 2. The summed E-state index contributed by atoms with van der Waals surface area (Å²) in [5.74, 6) is -5.72. The first-order valence-corrected chi connectivity index (χ1v) is 5.69. The molecule has 0 heterocycles. The highest BCUT2D eigenvalue weighted by molar-refractivity contribution is 9.10. The molecule has 0 aromatic heterocycles. The van der Waals surface area contributed by atoms with Crippen molar-refractivity contribution in [1.29, 1.82) is 0 Å². The third-order valence-corrected chi connectivity index (χ3v) is 2.88. The van der Waals surface area contributed by atoms with E-state index in [-0.39, 0.29) is 10.2 Å². The molecule has 0 aliphatic rings. The van der Waals surface area contributed by atoms with Crippen LogP contribution >= 0.6 is 15.9 Å². The van der Waals surface area contributed by atoms with Gasteiger partial charge in [0.1, 0.15) is 17.1 Å². The normalized spacial score (nSPS) is 13.2. The number of carboxylic acid groups (broad SMARTS) is 1. The summed E-state index contributed by atoms with van der Waals surface area (Å²) in [6, 6.07) is 1.73. The van der Waals surface area contributed by atoms with E-state index in [9.17, 15) is 18.0 Å². The Kier molecular flexibility index (Phi) is 4.26. The molecule has 0 saturated heterocycles. The minimum Gasteiger partial charge on any atom is -0.484 e. The van der Waals surface area contributed by atoms with E-state index in [1.807, 2.05) is 0 Å². The smallest absolute Gasteiger partial charge is 0.339 e. The van der Waals surface area contributed by atoms with Crippen LogP contribution in [0.3, 0.4) is 0 Å². The molecule has 0 radical (unpaired) electrons. The maximum Gasteiger partial charge on any atom is 0.339 e. The van der Waals surface area contributed by atoms with Crippen LogP contribution in [0.25, 0.3) is 0 Å². The van der Waals surface area contributed by atoms with Gasteiger partial charge in [-0.05, 0) is 35.0 Å². The van der Waals surface area contributed by atoms with Crippen molar-refractivity contribution in [2.45, 2.75) is 25.9 Å². The number of hydrogen-bond donors (Lipinski definition) is 1. The Hall–Kier alpha value is -1.24. The van der Waals surface area contributed by atoms with Gasteiger partial charge in [-0.1, -0.05) is 0 Å². The van der Waals surface area contributed by atoms with Crippen LogP contribution in [0.15, 0.2) is 16.6 Å². The molecule has 1 rings (SSSR count). The van der Waals surface area contributed by atoms with E-state index in [1.54, 1.807) is 0 Å². The van der Waals surface area contributed by atoms with Crippen molar-refractivity contribution < 1.29 is 27.8 Å². The zero-order valence-electron chi connectivity index (χ0n) is 9.51. The van der Waals surface area contributed by atoms with Crippen molar-refractivity contribution in [3.63, 3.8) is 0 Å². The summed E-state index contributed by atoms with van der Waals surface area (Å²) in [6.07, 6.45) is -1.53. The first-order valence-electron chi connectivity index (χ1n) is 4.89. The van der Waals surface area contributed by atoms with Crippen LogP contribution in [0.2, 0.25) is 0 Å². The molecule has 0 fully saturated rings. The number of benzene rings is 1. The predicted molar refractivity (Wildman–Crippen MR) is 61.8 cm³/mol. The summed E-state index contributed by atoms with van der Waals surface area (Å²) in [5, 5.41) is 8.85. The molecular formula is C11H10BrF3O3. The fourth-order valence-corrected chi connectivity index (χ4v) is 1.41. The first kappa shape index (κ1) is 14.8. The topological polar surface area (TPSA) is 46.5 Å². The van der Waals surface area contributed by atoms with Gasteiger partial charge in [-0.3, -0.25) is 0 Å². The molecule has 0 spiro atoms. The van der Waals surface area contributed by atoms with Gasteiger partial charge in [0.15, 0.2) is 6.10 Å². The largest absolute Gasteiger partial charge is 0.484 e. The van der Waals surface area contributed by atoms with Crippen LogP contribution in [0.5, 0.6) is 5.75 Å². The zero-order valence-corrected chi connectivity index (χ0v) is 11.1. The van der Waals surface area contributed by atoms with E-state index in [0.717, 1.165) is 13.0 Å². The first-order chi connectivity index (χ1) is 8.12. The van der Waals surface area contributed by atoms with Gasteiger partial charge in [-0.15, -0.1) is 0 Å². The molecule has 0 aliphatic carbocycles. The van der Waals surface area contributed by atoms with Crippen LogP contribution in [0.1, 0.15) is 24.2 Å². The van der Waals surface area contributed by atoms with E-state index in [2.05, 4.69) is 15.9 Å². The SMILES string of the molecule is C[C@@H](Oc1cc(Br)c(F)cc1C(=O)O)C(C)(F)F. The second-order valence-electron chi connectivity index (χ2n) is 3.78. The Bertz CT molecular complexity index is 471. The van der Waals surface area contributed by atoms with Crippen molar-refractivity contribution in [1.82, 2.24) is 0 Å². The molecule has 0 aliphatic heterocycles. The van der Waals surface area contributed by atoms with Gasteiger partial charge in [-0.25, -0.2) is 18.0 Å². The molecule has 18 heavy (non-hydrogen) atoms. The molecule has 100 valence electrons. The Balaban J connectivity index is 3.15. The summed E-state index contributed by atoms with van der Waals surface area (Å²) < 4.78 is 43.9. The summed E-state index contributed by atoms with van der Waals surface area (Å²) in [5.41, 5.74) is -0.508. The Labute approximate surface area is 110 Å². The van der Waals surface area contributed by atoms with Gasteiger partial charge >= 0.3 is 5.97 Å². The van der Waals surface area contributed by atoms with Crippen LogP contribution in [-0.4, -0.2) is 23.1 Å². The molecule has 0 unspecified atom stereocenters. The minimum absolute atomic E-state index is 0.0610. The number of ether oxygens (including phenoxy) is 1. The minimum atomic E-state index is -3.14. The molecule has 1 aromatic carbocycles. The lowest BCUT2D eigenvalue weighted by atomic mass is 10.2. The van der Waals surface area contributed by atoms with Crippen LogP contribution in [0, 0.1) is 5.82 Å². The van der Waals surface area contributed by atoms with Gasteiger partial charge in [0.25, 0.3) is 5.92 Å². The summed E-state index contributed by atoms with van der Waals surface area (Å²) >= 11 is 2.83. The lowest BCUT2D eigenvalue weighted by Crippen LogP contribution is -2.33. The Morgan fingerprint density at radius 3 is 2.50 bits per heavy atom. The molecule has 0 saturated carbocycles. The highest BCUT2D eigenvalue weighted by Crippen LogP contribution is 2.30. The second-order valence-corrected chi connectivity index (χ2v) is 4.64. The van der Waals surface area contributed by atoms with Gasteiger partial charge in [0.2, 0.25) is 0 Å². The molecule has 3 nitrogen and oxygen atoms in total. The van der Waals surface area contributed by atoms with Gasteiger partial charge in [-0.2, -0.15) is 0 Å². The van der Waals surface area contributed by atoms with Gasteiger partial charge < -0.3 is 9.84 Å². The van der Waals surface area contributed by atoms with E-state index in [4.69, 9.17) is 9.84 Å². The summed E-state index contributed by atoms with van der Waals surface area (Å²) in [6.45, 7) is 1.75. The van der Waals surface area contributed by atoms with Crippen molar-refractivity contribution in [3.05, 3.63) is 28.0 Å². The lowest BCUT2D eigenvalue weighted by Gasteiger charge is -2.22. The standard InChI is InChI=1S/C11H10BrF3O3/c1-5(11(2,14)15)18-9-4-7(12)8(13)3-6(9)10(16)17/h3-5H,1-2H3,(H,16,17)/t5-/m1/s1. The van der Waals surface area contributed by atoms with Crippen LogP contribution in [-0.2, 0) is 0 Å². The highest BCUT2D eigenvalue weighted by Gasteiger charge is 2.33. The van der Waals surface area contributed by atoms with Gasteiger partial charge in [0.05, 0.1) is 4.47 Å². The van der Waals surface area contributed by atoms with Gasteiger partial charge in [0, 0.05) is 6.92 Å². The van der Waals surface area contributed by atoms with Crippen LogP contribution in [0.4, 0.5) is 13.2 Å². The summed E-state index contributed by atoms with van der Waals surface area (Å²) in [7, 11) is 0. The molecule has 0 amide bonds. The molecule has 1 atom stereocenters. The van der Waals surface area contributed by atoms with Crippen molar-refractivity contribution in [3.8, 4) is 5.75 Å². The zero-order chi connectivity index (χ0) is 14.1. The maximum atomic E-state index is 13.2. The number of hydrogen-bond acceptors (Lipinski definition) is 2.